The van der Waals surface area contributed by atoms with Crippen molar-refractivity contribution in [2.75, 3.05) is 0 Å². The smallest absolute Gasteiger partial charge is 0.120 e. The second-order valence-electron chi connectivity index (χ2n) is 4.74. The van der Waals surface area contributed by atoms with Crippen LogP contribution in [0.15, 0.2) is 36.4 Å². The van der Waals surface area contributed by atoms with Gasteiger partial charge in [-0.3, -0.25) is 0 Å². The lowest BCUT2D eigenvalue weighted by Gasteiger charge is -2.11. The predicted octanol–water partition coefficient (Wildman–Crippen LogP) is 4.06. The molecule has 2 nitrogen and oxygen atoms in total. The van der Waals surface area contributed by atoms with Crippen molar-refractivity contribution in [2.24, 2.45) is 0 Å². The molecule has 0 saturated heterocycles. The third kappa shape index (κ3) is 2.95. The van der Waals surface area contributed by atoms with Crippen LogP contribution in [0, 0.1) is 32.1 Å². The van der Waals surface area contributed by atoms with E-state index >= 15 is 0 Å². The van der Waals surface area contributed by atoms with Crippen molar-refractivity contribution in [1.29, 1.82) is 5.26 Å². The van der Waals surface area contributed by atoms with Crippen molar-refractivity contribution in [1.82, 2.24) is 0 Å². The molecule has 0 radical (unpaired) electrons. The Bertz CT molecular complexity index is 615. The zero-order chi connectivity index (χ0) is 13.8. The van der Waals surface area contributed by atoms with E-state index in [4.69, 9.17) is 10.00 Å². The quantitative estimate of drug-likeness (QED) is 0.824. The minimum Gasteiger partial charge on any atom is -0.489 e. The molecule has 19 heavy (non-hydrogen) atoms. The first-order valence-corrected chi connectivity index (χ1v) is 6.30. The number of hydrogen-bond donors (Lipinski definition) is 0. The molecule has 0 bridgehead atoms. The standard InChI is InChI=1S/C17H17NO/c1-12-8-17(9-13(2)14(12)3)19-11-16-7-5-4-6-15(16)10-18/h4-9H,11H2,1-3H3. The maximum absolute atomic E-state index is 9.03. The maximum atomic E-state index is 9.03. The van der Waals surface area contributed by atoms with E-state index in [0.717, 1.165) is 11.3 Å². The van der Waals surface area contributed by atoms with E-state index in [2.05, 4.69) is 26.8 Å². The van der Waals surface area contributed by atoms with E-state index in [9.17, 15) is 0 Å². The fourth-order valence-electron chi connectivity index (χ4n) is 2.00. The van der Waals surface area contributed by atoms with Crippen LogP contribution in [0.4, 0.5) is 0 Å². The molecule has 0 aliphatic rings. The third-order valence-corrected chi connectivity index (χ3v) is 3.43. The Balaban J connectivity index is 2.17. The van der Waals surface area contributed by atoms with E-state index in [1.807, 2.05) is 36.4 Å². The largest absolute Gasteiger partial charge is 0.489 e. The lowest BCUT2D eigenvalue weighted by molar-refractivity contribution is 0.305. The van der Waals surface area contributed by atoms with Gasteiger partial charge in [-0.15, -0.1) is 0 Å². The van der Waals surface area contributed by atoms with Gasteiger partial charge in [-0.05, 0) is 55.7 Å². The van der Waals surface area contributed by atoms with Crippen LogP contribution in [0.3, 0.4) is 0 Å². The molecule has 0 fully saturated rings. The van der Waals surface area contributed by atoms with Gasteiger partial charge in [0.15, 0.2) is 0 Å². The first-order chi connectivity index (χ1) is 9.11. The SMILES string of the molecule is Cc1cc(OCc2ccccc2C#N)cc(C)c1C. The molecule has 0 aliphatic heterocycles. The molecule has 96 valence electrons. The Kier molecular flexibility index (Phi) is 3.87. The number of rotatable bonds is 3. The Morgan fingerprint density at radius 3 is 2.32 bits per heavy atom. The minimum atomic E-state index is 0.422. The molecule has 0 aliphatic carbocycles. The van der Waals surface area contributed by atoms with Gasteiger partial charge in [0.1, 0.15) is 12.4 Å². The van der Waals surface area contributed by atoms with Gasteiger partial charge in [0.25, 0.3) is 0 Å². The number of benzene rings is 2. The third-order valence-electron chi connectivity index (χ3n) is 3.43. The minimum absolute atomic E-state index is 0.422. The Labute approximate surface area is 114 Å². The monoisotopic (exact) mass is 251 g/mol. The first-order valence-electron chi connectivity index (χ1n) is 6.30. The normalized spacial score (nSPS) is 10.0. The zero-order valence-corrected chi connectivity index (χ0v) is 11.5. The number of nitriles is 1. The van der Waals surface area contributed by atoms with Gasteiger partial charge < -0.3 is 4.74 Å². The van der Waals surface area contributed by atoms with Crippen molar-refractivity contribution in [3.8, 4) is 11.8 Å². The number of hydrogen-bond acceptors (Lipinski definition) is 2. The van der Waals surface area contributed by atoms with Crippen LogP contribution in [0.25, 0.3) is 0 Å². The highest BCUT2D eigenvalue weighted by molar-refractivity contribution is 5.41. The van der Waals surface area contributed by atoms with E-state index < -0.39 is 0 Å². The van der Waals surface area contributed by atoms with Crippen LogP contribution in [-0.4, -0.2) is 0 Å². The van der Waals surface area contributed by atoms with Crippen molar-refractivity contribution < 1.29 is 4.74 Å². The Morgan fingerprint density at radius 1 is 1.05 bits per heavy atom. The summed E-state index contributed by atoms with van der Waals surface area (Å²) in [6.07, 6.45) is 0. The molecule has 0 saturated carbocycles. The van der Waals surface area contributed by atoms with Gasteiger partial charge in [0.2, 0.25) is 0 Å². The van der Waals surface area contributed by atoms with Gasteiger partial charge in [-0.25, -0.2) is 0 Å². The highest BCUT2D eigenvalue weighted by Crippen LogP contribution is 2.22. The molecule has 0 N–H and O–H groups in total. The van der Waals surface area contributed by atoms with Crippen LogP contribution in [0.5, 0.6) is 5.75 Å². The number of aryl methyl sites for hydroxylation is 2. The van der Waals surface area contributed by atoms with Gasteiger partial charge >= 0.3 is 0 Å². The number of nitrogens with zero attached hydrogens (tertiary/aromatic N) is 1. The summed E-state index contributed by atoms with van der Waals surface area (Å²) < 4.78 is 5.80. The fourth-order valence-corrected chi connectivity index (χ4v) is 2.00. The molecule has 2 heteroatoms. The van der Waals surface area contributed by atoms with Crippen LogP contribution in [0.1, 0.15) is 27.8 Å². The molecule has 0 aromatic heterocycles. The van der Waals surface area contributed by atoms with E-state index in [0.29, 0.717) is 12.2 Å². The summed E-state index contributed by atoms with van der Waals surface area (Å²) in [5.74, 6) is 0.855. The molecule has 2 aromatic carbocycles. The maximum Gasteiger partial charge on any atom is 0.120 e. The molecule has 2 aromatic rings. The molecule has 2 rings (SSSR count). The van der Waals surface area contributed by atoms with E-state index in [-0.39, 0.29) is 0 Å². The van der Waals surface area contributed by atoms with Crippen molar-refractivity contribution >= 4 is 0 Å². The lowest BCUT2D eigenvalue weighted by Crippen LogP contribution is -1.99. The Morgan fingerprint density at radius 2 is 1.68 bits per heavy atom. The summed E-state index contributed by atoms with van der Waals surface area (Å²) in [6.45, 7) is 6.70. The molecule has 0 unspecified atom stereocenters. The highest BCUT2D eigenvalue weighted by atomic mass is 16.5. The van der Waals surface area contributed by atoms with Crippen LogP contribution in [-0.2, 0) is 6.61 Å². The lowest BCUT2D eigenvalue weighted by atomic mass is 10.0. The average Bonchev–Trinajstić information content (AvgIpc) is 2.42. The van der Waals surface area contributed by atoms with Gasteiger partial charge in [-0.1, -0.05) is 18.2 Å². The molecular weight excluding hydrogens is 234 g/mol. The molecule has 0 atom stereocenters. The van der Waals surface area contributed by atoms with Crippen molar-refractivity contribution in [3.05, 3.63) is 64.2 Å². The topological polar surface area (TPSA) is 33.0 Å². The highest BCUT2D eigenvalue weighted by Gasteiger charge is 2.04. The summed E-state index contributed by atoms with van der Waals surface area (Å²) in [6, 6.07) is 13.8. The van der Waals surface area contributed by atoms with Crippen LogP contribution in [0.2, 0.25) is 0 Å². The van der Waals surface area contributed by atoms with Crippen LogP contribution < -0.4 is 4.74 Å². The average molecular weight is 251 g/mol. The van der Waals surface area contributed by atoms with Gasteiger partial charge in [0, 0.05) is 5.56 Å². The zero-order valence-electron chi connectivity index (χ0n) is 11.5. The second-order valence-corrected chi connectivity index (χ2v) is 4.74. The van der Waals surface area contributed by atoms with Crippen molar-refractivity contribution in [3.63, 3.8) is 0 Å². The molecule has 0 heterocycles. The number of ether oxygens (including phenoxy) is 1. The summed E-state index contributed by atoms with van der Waals surface area (Å²) in [5, 5.41) is 9.03. The summed E-state index contributed by atoms with van der Waals surface area (Å²) in [7, 11) is 0. The summed E-state index contributed by atoms with van der Waals surface area (Å²) in [5.41, 5.74) is 5.33. The van der Waals surface area contributed by atoms with Gasteiger partial charge in [0.05, 0.1) is 11.6 Å². The summed E-state index contributed by atoms with van der Waals surface area (Å²) in [4.78, 5) is 0. The second kappa shape index (κ2) is 5.58. The van der Waals surface area contributed by atoms with Gasteiger partial charge in [-0.2, -0.15) is 5.26 Å². The molecular formula is C17H17NO. The van der Waals surface area contributed by atoms with E-state index in [1.165, 1.54) is 16.7 Å². The van der Waals surface area contributed by atoms with Crippen LogP contribution >= 0.6 is 0 Å². The summed E-state index contributed by atoms with van der Waals surface area (Å²) >= 11 is 0. The molecule has 0 amide bonds. The van der Waals surface area contributed by atoms with E-state index in [1.54, 1.807) is 0 Å². The van der Waals surface area contributed by atoms with Crippen molar-refractivity contribution in [2.45, 2.75) is 27.4 Å². The predicted molar refractivity (Wildman–Crippen MR) is 76.1 cm³/mol. The molecule has 0 spiro atoms. The first kappa shape index (κ1) is 13.2. The Hall–Kier alpha value is -2.27. The fraction of sp³-hybridized carbons (Fsp3) is 0.235.